The van der Waals surface area contributed by atoms with E-state index in [0.717, 1.165) is 5.75 Å². The first-order chi connectivity index (χ1) is 9.31. The summed E-state index contributed by atoms with van der Waals surface area (Å²) in [7, 11) is 1.86. The SMILES string of the molecule is CNCC=C(Oc1ccccc1)c1ccccc1O. The largest absolute Gasteiger partial charge is 0.507 e. The monoisotopic (exact) mass is 255 g/mol. The maximum absolute atomic E-state index is 9.92. The molecule has 0 aliphatic heterocycles. The Bertz CT molecular complexity index is 550. The number of aromatic hydroxyl groups is 1. The molecular weight excluding hydrogens is 238 g/mol. The lowest BCUT2D eigenvalue weighted by atomic mass is 10.1. The van der Waals surface area contributed by atoms with Crippen LogP contribution < -0.4 is 10.1 Å². The molecular formula is C16H17NO2. The van der Waals surface area contributed by atoms with E-state index >= 15 is 0 Å². The van der Waals surface area contributed by atoms with E-state index in [-0.39, 0.29) is 5.75 Å². The van der Waals surface area contributed by atoms with Crippen molar-refractivity contribution in [3.05, 3.63) is 66.2 Å². The van der Waals surface area contributed by atoms with Gasteiger partial charge in [0.1, 0.15) is 17.3 Å². The van der Waals surface area contributed by atoms with Crippen molar-refractivity contribution in [1.29, 1.82) is 0 Å². The zero-order chi connectivity index (χ0) is 13.5. The summed E-state index contributed by atoms with van der Waals surface area (Å²) < 4.78 is 5.84. The molecule has 2 rings (SSSR count). The Kier molecular flexibility index (Phi) is 4.59. The summed E-state index contributed by atoms with van der Waals surface area (Å²) in [6.45, 7) is 0.663. The molecule has 2 aromatic carbocycles. The number of benzene rings is 2. The van der Waals surface area contributed by atoms with Crippen molar-refractivity contribution in [1.82, 2.24) is 5.32 Å². The number of para-hydroxylation sites is 2. The molecule has 3 heteroatoms. The highest BCUT2D eigenvalue weighted by Gasteiger charge is 2.08. The van der Waals surface area contributed by atoms with Crippen molar-refractivity contribution in [2.75, 3.05) is 13.6 Å². The van der Waals surface area contributed by atoms with Gasteiger partial charge in [0.25, 0.3) is 0 Å². The smallest absolute Gasteiger partial charge is 0.135 e. The van der Waals surface area contributed by atoms with E-state index in [1.807, 2.05) is 55.6 Å². The van der Waals surface area contributed by atoms with Gasteiger partial charge in [-0.1, -0.05) is 30.3 Å². The minimum atomic E-state index is 0.209. The molecule has 19 heavy (non-hydrogen) atoms. The van der Waals surface area contributed by atoms with E-state index in [1.54, 1.807) is 12.1 Å². The van der Waals surface area contributed by atoms with Crippen LogP contribution >= 0.6 is 0 Å². The normalized spacial score (nSPS) is 11.3. The lowest BCUT2D eigenvalue weighted by molar-refractivity contribution is 0.461. The fourth-order valence-electron chi connectivity index (χ4n) is 1.70. The molecule has 2 N–H and O–H groups in total. The zero-order valence-corrected chi connectivity index (χ0v) is 10.8. The lowest BCUT2D eigenvalue weighted by Gasteiger charge is -2.12. The summed E-state index contributed by atoms with van der Waals surface area (Å²) in [6, 6.07) is 16.7. The molecule has 0 radical (unpaired) electrons. The van der Waals surface area contributed by atoms with Gasteiger partial charge in [0, 0.05) is 6.54 Å². The molecule has 0 spiro atoms. The highest BCUT2D eigenvalue weighted by molar-refractivity contribution is 5.67. The van der Waals surface area contributed by atoms with E-state index in [9.17, 15) is 5.11 Å². The van der Waals surface area contributed by atoms with Crippen LogP contribution in [0.25, 0.3) is 5.76 Å². The van der Waals surface area contributed by atoms with Gasteiger partial charge in [0.15, 0.2) is 0 Å². The van der Waals surface area contributed by atoms with Gasteiger partial charge in [-0.25, -0.2) is 0 Å². The third kappa shape index (κ3) is 3.60. The molecule has 98 valence electrons. The number of rotatable bonds is 5. The van der Waals surface area contributed by atoms with Crippen molar-refractivity contribution < 1.29 is 9.84 Å². The standard InChI is InChI=1S/C16H17NO2/c1-17-12-11-16(14-9-5-6-10-15(14)18)19-13-7-3-2-4-8-13/h2-11,17-18H,12H2,1H3. The molecule has 2 aromatic rings. The maximum Gasteiger partial charge on any atom is 0.135 e. The summed E-state index contributed by atoms with van der Waals surface area (Å²) >= 11 is 0. The van der Waals surface area contributed by atoms with Gasteiger partial charge in [-0.3, -0.25) is 0 Å². The summed E-state index contributed by atoms with van der Waals surface area (Å²) in [6.07, 6.45) is 1.90. The van der Waals surface area contributed by atoms with E-state index in [4.69, 9.17) is 4.74 Å². The third-order valence-electron chi connectivity index (χ3n) is 2.63. The van der Waals surface area contributed by atoms with E-state index in [0.29, 0.717) is 17.9 Å². The second-order valence-corrected chi connectivity index (χ2v) is 4.06. The predicted molar refractivity (Wildman–Crippen MR) is 77.1 cm³/mol. The van der Waals surface area contributed by atoms with Crippen molar-refractivity contribution >= 4 is 5.76 Å². The Morgan fingerprint density at radius 2 is 1.79 bits per heavy atom. The number of likely N-dealkylation sites (N-methyl/N-ethyl adjacent to an activating group) is 1. The highest BCUT2D eigenvalue weighted by atomic mass is 16.5. The first kappa shape index (κ1) is 13.2. The van der Waals surface area contributed by atoms with Crippen LogP contribution in [0.3, 0.4) is 0 Å². The molecule has 0 amide bonds. The summed E-state index contributed by atoms with van der Waals surface area (Å²) in [5.74, 6) is 1.59. The molecule has 3 nitrogen and oxygen atoms in total. The Labute approximate surface area is 113 Å². The Balaban J connectivity index is 2.30. The van der Waals surface area contributed by atoms with E-state index in [2.05, 4.69) is 5.32 Å². The summed E-state index contributed by atoms with van der Waals surface area (Å²) in [5, 5.41) is 13.0. The first-order valence-electron chi connectivity index (χ1n) is 6.17. The van der Waals surface area contributed by atoms with Gasteiger partial charge in [0.05, 0.1) is 5.56 Å². The van der Waals surface area contributed by atoms with Crippen LogP contribution in [-0.2, 0) is 0 Å². The van der Waals surface area contributed by atoms with Gasteiger partial charge < -0.3 is 15.2 Å². The van der Waals surface area contributed by atoms with Crippen molar-refractivity contribution in [2.45, 2.75) is 0 Å². The zero-order valence-electron chi connectivity index (χ0n) is 10.8. The predicted octanol–water partition coefficient (Wildman–Crippen LogP) is 3.03. The number of phenols is 1. The van der Waals surface area contributed by atoms with Crippen molar-refractivity contribution in [3.63, 3.8) is 0 Å². The fourth-order valence-corrected chi connectivity index (χ4v) is 1.70. The molecule has 0 unspecified atom stereocenters. The van der Waals surface area contributed by atoms with Gasteiger partial charge >= 0.3 is 0 Å². The van der Waals surface area contributed by atoms with Crippen LogP contribution in [-0.4, -0.2) is 18.7 Å². The molecule has 0 aromatic heterocycles. The Morgan fingerprint density at radius 1 is 1.11 bits per heavy atom. The first-order valence-corrected chi connectivity index (χ1v) is 6.17. The second kappa shape index (κ2) is 6.61. The van der Waals surface area contributed by atoms with Gasteiger partial charge in [-0.2, -0.15) is 0 Å². The average Bonchev–Trinajstić information content (AvgIpc) is 2.45. The molecule has 0 saturated heterocycles. The molecule has 0 heterocycles. The van der Waals surface area contributed by atoms with Crippen LogP contribution in [0.5, 0.6) is 11.5 Å². The minimum absolute atomic E-state index is 0.209. The number of hydrogen-bond acceptors (Lipinski definition) is 3. The van der Waals surface area contributed by atoms with Crippen LogP contribution in [0.2, 0.25) is 0 Å². The minimum Gasteiger partial charge on any atom is -0.507 e. The van der Waals surface area contributed by atoms with Crippen LogP contribution in [0, 0.1) is 0 Å². The molecule has 0 aliphatic rings. The Morgan fingerprint density at radius 3 is 2.47 bits per heavy atom. The Hall–Kier alpha value is -2.26. The van der Waals surface area contributed by atoms with Crippen LogP contribution in [0.4, 0.5) is 0 Å². The third-order valence-corrected chi connectivity index (χ3v) is 2.63. The summed E-state index contributed by atoms with van der Waals surface area (Å²) in [5.41, 5.74) is 0.682. The van der Waals surface area contributed by atoms with Crippen LogP contribution in [0.1, 0.15) is 5.56 Å². The maximum atomic E-state index is 9.92. The quantitative estimate of drug-likeness (QED) is 0.807. The van der Waals surface area contributed by atoms with Gasteiger partial charge in [0.2, 0.25) is 0 Å². The van der Waals surface area contributed by atoms with E-state index < -0.39 is 0 Å². The molecule has 0 fully saturated rings. The lowest BCUT2D eigenvalue weighted by Crippen LogP contribution is -2.07. The number of phenolic OH excluding ortho intramolecular Hbond substituents is 1. The number of hydrogen-bond donors (Lipinski definition) is 2. The number of ether oxygens (including phenoxy) is 1. The molecule has 0 aliphatic carbocycles. The second-order valence-electron chi connectivity index (χ2n) is 4.06. The van der Waals surface area contributed by atoms with E-state index in [1.165, 1.54) is 0 Å². The van der Waals surface area contributed by atoms with Gasteiger partial charge in [-0.05, 0) is 37.4 Å². The average molecular weight is 255 g/mol. The van der Waals surface area contributed by atoms with Crippen molar-refractivity contribution in [3.8, 4) is 11.5 Å². The van der Waals surface area contributed by atoms with Gasteiger partial charge in [-0.15, -0.1) is 0 Å². The van der Waals surface area contributed by atoms with Crippen molar-refractivity contribution in [2.24, 2.45) is 0 Å². The molecule has 0 atom stereocenters. The molecule has 0 bridgehead atoms. The highest BCUT2D eigenvalue weighted by Crippen LogP contribution is 2.27. The summed E-state index contributed by atoms with van der Waals surface area (Å²) in [4.78, 5) is 0. The fraction of sp³-hybridized carbons (Fsp3) is 0.125. The molecule has 0 saturated carbocycles. The topological polar surface area (TPSA) is 41.5 Å². The van der Waals surface area contributed by atoms with Crippen LogP contribution in [0.15, 0.2) is 60.7 Å². The number of nitrogens with one attached hydrogen (secondary N) is 1.